The highest BCUT2D eigenvalue weighted by atomic mass is 16.5. The molecule has 0 radical (unpaired) electrons. The molecule has 0 saturated carbocycles. The van der Waals surface area contributed by atoms with Crippen LogP contribution < -0.4 is 24.8 Å². The van der Waals surface area contributed by atoms with Gasteiger partial charge in [0.05, 0.1) is 26.8 Å². The van der Waals surface area contributed by atoms with Crippen LogP contribution in [0.4, 0.5) is 5.95 Å². The van der Waals surface area contributed by atoms with Crippen LogP contribution >= 0.6 is 0 Å². The summed E-state index contributed by atoms with van der Waals surface area (Å²) in [7, 11) is 4.95. The van der Waals surface area contributed by atoms with Gasteiger partial charge in [0.1, 0.15) is 17.2 Å². The summed E-state index contributed by atoms with van der Waals surface area (Å²) in [4.78, 5) is 9.85. The molecule has 3 heterocycles. The molecule has 2 aromatic carbocycles. The van der Waals surface area contributed by atoms with Crippen molar-refractivity contribution in [3.63, 3.8) is 0 Å². The van der Waals surface area contributed by atoms with Crippen molar-refractivity contribution in [1.29, 1.82) is 0 Å². The Morgan fingerprint density at radius 3 is 2.56 bits per heavy atom. The fourth-order valence-corrected chi connectivity index (χ4v) is 4.54. The second-order valence-corrected chi connectivity index (χ2v) is 8.75. The molecule has 9 nitrogen and oxygen atoms in total. The molecule has 0 spiro atoms. The summed E-state index contributed by atoms with van der Waals surface area (Å²) < 4.78 is 18.1. The summed E-state index contributed by atoms with van der Waals surface area (Å²) in [5.41, 5.74) is 2.56. The van der Waals surface area contributed by atoms with Crippen LogP contribution in [0.25, 0.3) is 16.6 Å². The van der Waals surface area contributed by atoms with Gasteiger partial charge in [-0.05, 0) is 43.1 Å². The molecule has 2 aromatic heterocycles. The summed E-state index contributed by atoms with van der Waals surface area (Å²) in [6, 6.07) is 11.6. The first-order chi connectivity index (χ1) is 16.6. The normalized spacial score (nSPS) is 18.2. The number of nitrogens with one attached hydrogen (secondary N) is 2. The number of nitrogens with zero attached hydrogens (tertiary/aromatic N) is 4. The van der Waals surface area contributed by atoms with E-state index >= 15 is 0 Å². The molecule has 5 rings (SSSR count). The van der Waals surface area contributed by atoms with Crippen molar-refractivity contribution in [2.75, 3.05) is 39.7 Å². The van der Waals surface area contributed by atoms with Crippen LogP contribution in [-0.4, -0.2) is 54.0 Å². The Hall–Kier alpha value is -3.59. The van der Waals surface area contributed by atoms with Gasteiger partial charge in [0.15, 0.2) is 11.5 Å². The van der Waals surface area contributed by atoms with Crippen molar-refractivity contribution in [1.82, 2.24) is 24.9 Å². The SMILES string of the molecule is COc1ccc(CNc2nc3cc(OC)ccc3c3nc([C@@H]4CNC[C@@H](C)C4)nn23)c(OC)c1. The molecule has 9 heteroatoms. The molecule has 4 aromatic rings. The summed E-state index contributed by atoms with van der Waals surface area (Å²) in [6.07, 6.45) is 1.06. The molecule has 34 heavy (non-hydrogen) atoms. The predicted molar refractivity (Wildman–Crippen MR) is 131 cm³/mol. The average Bonchev–Trinajstić information content (AvgIpc) is 3.33. The summed E-state index contributed by atoms with van der Waals surface area (Å²) >= 11 is 0. The Bertz CT molecular complexity index is 1320. The third kappa shape index (κ3) is 4.19. The minimum absolute atomic E-state index is 0.270. The third-order valence-corrected chi connectivity index (χ3v) is 6.36. The lowest BCUT2D eigenvalue weighted by Gasteiger charge is -2.25. The van der Waals surface area contributed by atoms with Crippen molar-refractivity contribution in [2.45, 2.75) is 25.8 Å². The van der Waals surface area contributed by atoms with E-state index in [0.717, 1.165) is 64.7 Å². The molecule has 1 aliphatic rings. The third-order valence-electron chi connectivity index (χ3n) is 6.36. The van der Waals surface area contributed by atoms with E-state index in [1.807, 2.05) is 40.9 Å². The van der Waals surface area contributed by atoms with E-state index in [4.69, 9.17) is 29.3 Å². The van der Waals surface area contributed by atoms with Crippen molar-refractivity contribution in [3.05, 3.63) is 47.8 Å². The molecule has 0 unspecified atom stereocenters. The van der Waals surface area contributed by atoms with E-state index < -0.39 is 0 Å². The van der Waals surface area contributed by atoms with E-state index in [-0.39, 0.29) is 5.92 Å². The molecule has 1 saturated heterocycles. The fourth-order valence-electron chi connectivity index (χ4n) is 4.54. The first-order valence-electron chi connectivity index (χ1n) is 11.5. The Kier molecular flexibility index (Phi) is 6.10. The van der Waals surface area contributed by atoms with Gasteiger partial charge in [-0.2, -0.15) is 4.52 Å². The Balaban J connectivity index is 1.56. The number of piperidine rings is 1. The smallest absolute Gasteiger partial charge is 0.226 e. The highest BCUT2D eigenvalue weighted by Gasteiger charge is 2.25. The minimum Gasteiger partial charge on any atom is -0.497 e. The molecule has 0 aliphatic carbocycles. The molecular weight excluding hydrogens is 432 g/mol. The summed E-state index contributed by atoms with van der Waals surface area (Å²) in [5.74, 6) is 4.55. The molecule has 0 amide bonds. The summed E-state index contributed by atoms with van der Waals surface area (Å²) in [6.45, 7) is 4.67. The Morgan fingerprint density at radius 2 is 1.79 bits per heavy atom. The van der Waals surface area contributed by atoms with Gasteiger partial charge < -0.3 is 24.8 Å². The van der Waals surface area contributed by atoms with Gasteiger partial charge in [-0.1, -0.05) is 6.92 Å². The van der Waals surface area contributed by atoms with E-state index in [1.165, 1.54) is 0 Å². The van der Waals surface area contributed by atoms with Crippen molar-refractivity contribution in [2.24, 2.45) is 5.92 Å². The van der Waals surface area contributed by atoms with Crippen LogP contribution in [0.5, 0.6) is 17.2 Å². The van der Waals surface area contributed by atoms with Crippen LogP contribution in [0, 0.1) is 5.92 Å². The molecule has 1 aliphatic heterocycles. The van der Waals surface area contributed by atoms with Crippen LogP contribution in [-0.2, 0) is 6.54 Å². The fraction of sp³-hybridized carbons (Fsp3) is 0.400. The van der Waals surface area contributed by atoms with Crippen LogP contribution in [0.2, 0.25) is 0 Å². The molecule has 2 atom stereocenters. The lowest BCUT2D eigenvalue weighted by molar-refractivity contribution is 0.355. The van der Waals surface area contributed by atoms with Gasteiger partial charge >= 0.3 is 0 Å². The largest absolute Gasteiger partial charge is 0.497 e. The maximum absolute atomic E-state index is 5.56. The number of methoxy groups -OCH3 is 3. The predicted octanol–water partition coefficient (Wildman–Crippen LogP) is 3.63. The molecule has 178 valence electrons. The molecule has 1 fully saturated rings. The quantitative estimate of drug-likeness (QED) is 0.430. The monoisotopic (exact) mass is 462 g/mol. The Morgan fingerprint density at radius 1 is 1.00 bits per heavy atom. The first kappa shape index (κ1) is 22.2. The minimum atomic E-state index is 0.270. The topological polar surface area (TPSA) is 94.8 Å². The zero-order valence-electron chi connectivity index (χ0n) is 20.0. The van der Waals surface area contributed by atoms with Crippen LogP contribution in [0.3, 0.4) is 0 Å². The second kappa shape index (κ2) is 9.34. The van der Waals surface area contributed by atoms with Gasteiger partial charge in [0.25, 0.3) is 0 Å². The second-order valence-electron chi connectivity index (χ2n) is 8.75. The lowest BCUT2D eigenvalue weighted by Crippen LogP contribution is -2.34. The number of fused-ring (bicyclic) bond motifs is 3. The van der Waals surface area contributed by atoms with E-state index in [9.17, 15) is 0 Å². The van der Waals surface area contributed by atoms with Crippen molar-refractivity contribution < 1.29 is 14.2 Å². The molecule has 2 N–H and O–H groups in total. The van der Waals surface area contributed by atoms with E-state index in [2.05, 4.69) is 17.6 Å². The molecule has 0 bridgehead atoms. The number of hydrogen-bond donors (Lipinski definition) is 2. The highest BCUT2D eigenvalue weighted by Crippen LogP contribution is 2.30. The number of ether oxygens (including phenoxy) is 3. The number of aromatic nitrogens is 4. The maximum atomic E-state index is 5.56. The van der Waals surface area contributed by atoms with Gasteiger partial charge in [-0.25, -0.2) is 9.97 Å². The zero-order valence-corrected chi connectivity index (χ0v) is 20.0. The van der Waals surface area contributed by atoms with Crippen LogP contribution in [0.1, 0.15) is 30.7 Å². The van der Waals surface area contributed by atoms with Gasteiger partial charge in [-0.3, -0.25) is 0 Å². The van der Waals surface area contributed by atoms with E-state index in [0.29, 0.717) is 18.4 Å². The number of anilines is 1. The highest BCUT2D eigenvalue weighted by molar-refractivity contribution is 5.93. The number of rotatable bonds is 7. The molecular formula is C25H30N6O3. The number of benzene rings is 2. The first-order valence-corrected chi connectivity index (χ1v) is 11.5. The van der Waals surface area contributed by atoms with Crippen LogP contribution in [0.15, 0.2) is 36.4 Å². The van der Waals surface area contributed by atoms with Gasteiger partial charge in [0.2, 0.25) is 5.95 Å². The standard InChI is InChI=1S/C25H30N6O3/c1-15-9-17(13-26-12-15)23-29-24-20-8-7-18(32-2)10-21(20)28-25(31(24)30-23)27-14-16-5-6-19(33-3)11-22(16)34-4/h5-8,10-11,15,17,26H,9,12-14H2,1-4H3,(H,27,28)/t15-,17-/m0/s1. The zero-order chi connectivity index (χ0) is 23.7. The van der Waals surface area contributed by atoms with E-state index in [1.54, 1.807) is 21.3 Å². The van der Waals surface area contributed by atoms with Crippen molar-refractivity contribution >= 4 is 22.5 Å². The maximum Gasteiger partial charge on any atom is 0.226 e. The average molecular weight is 463 g/mol. The summed E-state index contributed by atoms with van der Waals surface area (Å²) in [5, 5.41) is 12.8. The van der Waals surface area contributed by atoms with Crippen molar-refractivity contribution in [3.8, 4) is 17.2 Å². The lowest BCUT2D eigenvalue weighted by atomic mass is 9.91. The number of hydrogen-bond acceptors (Lipinski definition) is 8. The van der Waals surface area contributed by atoms with Gasteiger partial charge in [0, 0.05) is 42.1 Å². The Labute approximate surface area is 198 Å². The van der Waals surface area contributed by atoms with Gasteiger partial charge in [-0.15, -0.1) is 5.10 Å².